The Hall–Kier alpha value is -1.04. The zero-order valence-corrected chi connectivity index (χ0v) is 14.2. The molecule has 0 radical (unpaired) electrons. The maximum Gasteiger partial charge on any atom is 0.127 e. The van der Waals surface area contributed by atoms with Crippen molar-refractivity contribution in [2.75, 3.05) is 20.8 Å². The van der Waals surface area contributed by atoms with Crippen LogP contribution in [0.1, 0.15) is 24.1 Å². The van der Waals surface area contributed by atoms with Gasteiger partial charge >= 0.3 is 0 Å². The van der Waals surface area contributed by atoms with Crippen LogP contribution in [0.4, 0.5) is 0 Å². The average molecular weight is 356 g/mol. The average Bonchev–Trinajstić information content (AvgIpc) is 2.90. The first-order valence-electron chi connectivity index (χ1n) is 6.38. The number of benzene rings is 1. The Morgan fingerprint density at radius 3 is 2.55 bits per heavy atom. The zero-order valence-electron chi connectivity index (χ0n) is 11.8. The maximum absolute atomic E-state index is 5.52. The Labute approximate surface area is 132 Å². The molecular weight excluding hydrogens is 338 g/mol. The van der Waals surface area contributed by atoms with E-state index in [9.17, 15) is 0 Å². The molecule has 1 N–H and O–H groups in total. The highest BCUT2D eigenvalue weighted by Gasteiger charge is 2.20. The fourth-order valence-corrected chi connectivity index (χ4v) is 3.70. The Bertz CT molecular complexity index is 571. The number of methoxy groups -OCH3 is 2. The molecule has 1 atom stereocenters. The molecule has 0 amide bonds. The smallest absolute Gasteiger partial charge is 0.127 e. The van der Waals surface area contributed by atoms with Gasteiger partial charge in [0.15, 0.2) is 0 Å². The molecule has 0 aliphatic carbocycles. The lowest BCUT2D eigenvalue weighted by atomic mass is 10.00. The van der Waals surface area contributed by atoms with Gasteiger partial charge in [0.25, 0.3) is 0 Å². The monoisotopic (exact) mass is 355 g/mol. The van der Waals surface area contributed by atoms with E-state index in [1.54, 1.807) is 25.6 Å². The zero-order chi connectivity index (χ0) is 14.5. The number of hydrogen-bond donors (Lipinski definition) is 1. The summed E-state index contributed by atoms with van der Waals surface area (Å²) in [4.78, 5) is 0. The number of rotatable bonds is 6. The minimum atomic E-state index is 0.0986. The van der Waals surface area contributed by atoms with Crippen molar-refractivity contribution < 1.29 is 9.47 Å². The van der Waals surface area contributed by atoms with Gasteiger partial charge in [0, 0.05) is 21.5 Å². The van der Waals surface area contributed by atoms with Gasteiger partial charge in [-0.25, -0.2) is 0 Å². The first kappa shape index (κ1) is 15.4. The van der Waals surface area contributed by atoms with Crippen molar-refractivity contribution in [3.63, 3.8) is 0 Å². The quantitative estimate of drug-likeness (QED) is 0.840. The summed E-state index contributed by atoms with van der Waals surface area (Å²) in [5.74, 6) is 1.62. The van der Waals surface area contributed by atoms with Crippen LogP contribution in [0.25, 0.3) is 0 Å². The van der Waals surface area contributed by atoms with E-state index in [1.807, 2.05) is 12.1 Å². The molecule has 0 saturated heterocycles. The summed E-state index contributed by atoms with van der Waals surface area (Å²) in [6, 6.07) is 6.03. The van der Waals surface area contributed by atoms with Gasteiger partial charge in [-0.05, 0) is 45.6 Å². The van der Waals surface area contributed by atoms with Gasteiger partial charge in [0.05, 0.1) is 20.3 Å². The van der Waals surface area contributed by atoms with Crippen LogP contribution in [-0.2, 0) is 0 Å². The summed E-state index contributed by atoms with van der Waals surface area (Å²) >= 11 is 5.30. The van der Waals surface area contributed by atoms with Crippen molar-refractivity contribution in [3.8, 4) is 11.5 Å². The van der Waals surface area contributed by atoms with Crippen molar-refractivity contribution in [1.29, 1.82) is 0 Å². The third-order valence-electron chi connectivity index (χ3n) is 3.11. The van der Waals surface area contributed by atoms with Crippen molar-refractivity contribution in [1.82, 2.24) is 5.32 Å². The Kier molecular flexibility index (Phi) is 5.46. The second kappa shape index (κ2) is 7.11. The van der Waals surface area contributed by atoms with Crippen molar-refractivity contribution >= 4 is 27.3 Å². The summed E-state index contributed by atoms with van der Waals surface area (Å²) < 4.78 is 11.9. The molecule has 5 heteroatoms. The Morgan fingerprint density at radius 1 is 1.20 bits per heavy atom. The van der Waals surface area contributed by atoms with E-state index < -0.39 is 0 Å². The van der Waals surface area contributed by atoms with E-state index in [0.717, 1.165) is 28.1 Å². The molecule has 3 nitrogen and oxygen atoms in total. The summed E-state index contributed by atoms with van der Waals surface area (Å²) in [6.45, 7) is 2.98. The molecule has 20 heavy (non-hydrogen) atoms. The topological polar surface area (TPSA) is 30.5 Å². The molecule has 2 aromatic rings. The van der Waals surface area contributed by atoms with Crippen LogP contribution in [0, 0.1) is 0 Å². The van der Waals surface area contributed by atoms with Crippen molar-refractivity contribution in [2.45, 2.75) is 13.0 Å². The SMILES string of the molecule is CCNC(c1cscc1Br)c1ccc(OC)cc1OC. The first-order valence-corrected chi connectivity index (χ1v) is 8.11. The molecule has 0 bridgehead atoms. The second-order valence-corrected chi connectivity index (χ2v) is 5.87. The minimum absolute atomic E-state index is 0.0986. The fraction of sp³-hybridized carbons (Fsp3) is 0.333. The Morgan fingerprint density at radius 2 is 2.00 bits per heavy atom. The molecule has 0 aliphatic heterocycles. The van der Waals surface area contributed by atoms with E-state index in [1.165, 1.54) is 5.56 Å². The number of halogens is 1. The lowest BCUT2D eigenvalue weighted by molar-refractivity contribution is 0.387. The highest BCUT2D eigenvalue weighted by molar-refractivity contribution is 9.10. The lowest BCUT2D eigenvalue weighted by Gasteiger charge is -2.21. The third kappa shape index (κ3) is 3.16. The minimum Gasteiger partial charge on any atom is -0.497 e. The van der Waals surface area contributed by atoms with Crippen molar-refractivity contribution in [2.24, 2.45) is 0 Å². The highest BCUT2D eigenvalue weighted by atomic mass is 79.9. The third-order valence-corrected chi connectivity index (χ3v) is 4.86. The Balaban J connectivity index is 2.46. The van der Waals surface area contributed by atoms with E-state index >= 15 is 0 Å². The van der Waals surface area contributed by atoms with Crippen LogP contribution in [0.3, 0.4) is 0 Å². The molecule has 0 spiro atoms. The van der Waals surface area contributed by atoms with Crippen LogP contribution < -0.4 is 14.8 Å². The van der Waals surface area contributed by atoms with Crippen molar-refractivity contribution in [3.05, 3.63) is 44.6 Å². The highest BCUT2D eigenvalue weighted by Crippen LogP contribution is 2.37. The van der Waals surface area contributed by atoms with Gasteiger partial charge in [-0.2, -0.15) is 11.3 Å². The largest absolute Gasteiger partial charge is 0.497 e. The summed E-state index contributed by atoms with van der Waals surface area (Å²) in [5, 5.41) is 7.76. The molecule has 1 aromatic heterocycles. The molecule has 0 saturated carbocycles. The first-order chi connectivity index (χ1) is 9.71. The van der Waals surface area contributed by atoms with Gasteiger partial charge in [-0.3, -0.25) is 0 Å². The predicted molar refractivity (Wildman–Crippen MR) is 87.1 cm³/mol. The van der Waals surface area contributed by atoms with E-state index in [2.05, 4.69) is 45.0 Å². The van der Waals surface area contributed by atoms with E-state index in [-0.39, 0.29) is 6.04 Å². The standard InChI is InChI=1S/C15H18BrNO2S/c1-4-17-15(12-8-20-9-13(12)16)11-6-5-10(18-2)7-14(11)19-3/h5-9,15,17H,4H2,1-3H3. The molecule has 108 valence electrons. The van der Waals surface area contributed by atoms with Gasteiger partial charge in [-0.1, -0.05) is 6.92 Å². The summed E-state index contributed by atoms with van der Waals surface area (Å²) in [7, 11) is 3.34. The second-order valence-electron chi connectivity index (χ2n) is 4.27. The number of ether oxygens (including phenoxy) is 2. The molecule has 0 aliphatic rings. The van der Waals surface area contributed by atoms with E-state index in [4.69, 9.17) is 9.47 Å². The van der Waals surface area contributed by atoms with Crippen LogP contribution >= 0.6 is 27.3 Å². The van der Waals surface area contributed by atoms with E-state index in [0.29, 0.717) is 0 Å². The molecule has 2 rings (SSSR count). The molecule has 1 aromatic carbocycles. The van der Waals surface area contributed by atoms with Gasteiger partial charge in [0.2, 0.25) is 0 Å². The van der Waals surface area contributed by atoms with Crippen LogP contribution in [-0.4, -0.2) is 20.8 Å². The molecular formula is C15H18BrNO2S. The summed E-state index contributed by atoms with van der Waals surface area (Å²) in [5.41, 5.74) is 2.33. The molecule has 1 unspecified atom stereocenters. The normalized spacial score (nSPS) is 12.2. The predicted octanol–water partition coefficient (Wildman–Crippen LogP) is 4.23. The fourth-order valence-electron chi connectivity index (χ4n) is 2.15. The van der Waals surface area contributed by atoms with Crippen LogP contribution in [0.5, 0.6) is 11.5 Å². The maximum atomic E-state index is 5.52. The number of thiophene rings is 1. The van der Waals surface area contributed by atoms with Gasteiger partial charge < -0.3 is 14.8 Å². The van der Waals surface area contributed by atoms with Gasteiger partial charge in [0.1, 0.15) is 11.5 Å². The van der Waals surface area contributed by atoms with Crippen LogP contribution in [0.15, 0.2) is 33.4 Å². The number of hydrogen-bond acceptors (Lipinski definition) is 4. The van der Waals surface area contributed by atoms with Gasteiger partial charge in [-0.15, -0.1) is 0 Å². The molecule has 1 heterocycles. The number of nitrogens with one attached hydrogen (secondary N) is 1. The lowest BCUT2D eigenvalue weighted by Crippen LogP contribution is -2.22. The molecule has 0 fully saturated rings. The summed E-state index contributed by atoms with van der Waals surface area (Å²) in [6.07, 6.45) is 0. The van der Waals surface area contributed by atoms with Crippen LogP contribution in [0.2, 0.25) is 0 Å².